The van der Waals surface area contributed by atoms with E-state index < -0.39 is 0 Å². The van der Waals surface area contributed by atoms with E-state index in [0.717, 1.165) is 25.1 Å². The van der Waals surface area contributed by atoms with Gasteiger partial charge in [0.15, 0.2) is 11.6 Å². The monoisotopic (exact) mass is 659 g/mol. The summed E-state index contributed by atoms with van der Waals surface area (Å²) in [6.07, 6.45) is 11.4. The highest BCUT2D eigenvalue weighted by molar-refractivity contribution is 5.69. The molecule has 0 atom stereocenters. The molecule has 2 heterocycles. The van der Waals surface area contributed by atoms with Gasteiger partial charge in [-0.2, -0.15) is 15.0 Å². The first kappa shape index (κ1) is 38.1. The van der Waals surface area contributed by atoms with Crippen molar-refractivity contribution >= 4 is 23.2 Å². The second-order valence-electron chi connectivity index (χ2n) is 13.0. The quantitative estimate of drug-likeness (QED) is 0.0548. The van der Waals surface area contributed by atoms with Crippen LogP contribution in [0.1, 0.15) is 117 Å². The highest BCUT2D eigenvalue weighted by atomic mass is 16.5. The third kappa shape index (κ3) is 12.0. The average Bonchev–Trinajstić information content (AvgIpc) is 3.43. The number of nitrogens with one attached hydrogen (secondary N) is 1. The molecule has 48 heavy (non-hydrogen) atoms. The summed E-state index contributed by atoms with van der Waals surface area (Å²) in [7, 11) is 0. The van der Waals surface area contributed by atoms with Gasteiger partial charge in [0.2, 0.25) is 0 Å². The van der Waals surface area contributed by atoms with Crippen molar-refractivity contribution < 1.29 is 14.3 Å². The Morgan fingerprint density at radius 3 is 2.42 bits per heavy atom. The van der Waals surface area contributed by atoms with Gasteiger partial charge in [-0.3, -0.25) is 10.1 Å². The maximum Gasteiger partial charge on any atom is 0.305 e. The van der Waals surface area contributed by atoms with Gasteiger partial charge in [0, 0.05) is 49.2 Å². The van der Waals surface area contributed by atoms with Crippen molar-refractivity contribution in [2.24, 2.45) is 10.2 Å². The molecular weight excluding hydrogens is 606 g/mol. The van der Waals surface area contributed by atoms with E-state index in [1.54, 1.807) is 18.5 Å². The van der Waals surface area contributed by atoms with Gasteiger partial charge in [-0.25, -0.2) is 9.97 Å². The SMILES string of the molecule is CCCCCCCCN(CCCC(=O)OCC)c1ccc(N=Nc2c(C#N)c(C(C)C)nn2-c2ncccn2)c(OCNC(C)(C)C)c1. The Bertz CT molecular complexity index is 1490. The largest absolute Gasteiger partial charge is 0.476 e. The van der Waals surface area contributed by atoms with Gasteiger partial charge in [0.1, 0.15) is 24.1 Å². The van der Waals surface area contributed by atoms with Crippen LogP contribution in [0.5, 0.6) is 5.75 Å². The third-order valence-electron chi connectivity index (χ3n) is 7.58. The lowest BCUT2D eigenvalue weighted by atomic mass is 10.1. The standard InChI is InChI=1S/C36H53N9O3/c1-8-10-11-12-13-14-22-44(23-15-17-32(46)47-9-2)28-18-19-30(31(24-28)48-26-40-36(5,6)7)41-42-34-29(25-37)33(27(3)4)43-45(34)35-38-20-16-21-39-35/h16,18-21,24,27,40H,8-15,17,22-23,26H2,1-7H3. The van der Waals surface area contributed by atoms with Gasteiger partial charge in [-0.15, -0.1) is 10.2 Å². The predicted molar refractivity (Wildman–Crippen MR) is 188 cm³/mol. The Balaban J connectivity index is 1.98. The number of azo groups is 1. The summed E-state index contributed by atoms with van der Waals surface area (Å²) < 4.78 is 12.9. The van der Waals surface area contributed by atoms with E-state index in [0.29, 0.717) is 54.6 Å². The highest BCUT2D eigenvalue weighted by Gasteiger charge is 2.23. The molecule has 0 saturated heterocycles. The summed E-state index contributed by atoms with van der Waals surface area (Å²) in [5.74, 6) is 0.878. The molecule has 12 heteroatoms. The van der Waals surface area contributed by atoms with Gasteiger partial charge in [-0.05, 0) is 64.7 Å². The molecular formula is C36H53N9O3. The van der Waals surface area contributed by atoms with Crippen molar-refractivity contribution in [3.05, 3.63) is 47.9 Å². The van der Waals surface area contributed by atoms with E-state index in [1.807, 2.05) is 39.0 Å². The smallest absolute Gasteiger partial charge is 0.305 e. The fraction of sp³-hybridized carbons (Fsp3) is 0.583. The minimum atomic E-state index is -0.178. The summed E-state index contributed by atoms with van der Waals surface area (Å²) >= 11 is 0. The maximum absolute atomic E-state index is 12.1. The summed E-state index contributed by atoms with van der Waals surface area (Å²) in [6, 6.07) is 9.83. The number of nitrogens with zero attached hydrogens (tertiary/aromatic N) is 8. The summed E-state index contributed by atoms with van der Waals surface area (Å²) in [6.45, 7) is 16.4. The molecule has 0 spiro atoms. The average molecular weight is 660 g/mol. The van der Waals surface area contributed by atoms with Gasteiger partial charge in [0.05, 0.1) is 12.3 Å². The highest BCUT2D eigenvalue weighted by Crippen LogP contribution is 2.36. The molecule has 260 valence electrons. The van der Waals surface area contributed by atoms with Crippen LogP contribution in [0.4, 0.5) is 17.2 Å². The molecule has 0 aliphatic carbocycles. The molecule has 1 N–H and O–H groups in total. The fourth-order valence-corrected chi connectivity index (χ4v) is 5.00. The zero-order chi connectivity index (χ0) is 34.9. The van der Waals surface area contributed by atoms with Crippen molar-refractivity contribution in [3.63, 3.8) is 0 Å². The van der Waals surface area contributed by atoms with Crippen molar-refractivity contribution in [1.29, 1.82) is 5.26 Å². The second kappa shape index (κ2) is 19.5. The molecule has 0 fully saturated rings. The van der Waals surface area contributed by atoms with Crippen molar-refractivity contribution in [2.45, 2.75) is 111 Å². The summed E-state index contributed by atoms with van der Waals surface area (Å²) in [5, 5.41) is 27.3. The maximum atomic E-state index is 12.1. The van der Waals surface area contributed by atoms with E-state index in [1.165, 1.54) is 30.4 Å². The molecule has 12 nitrogen and oxygen atoms in total. The van der Waals surface area contributed by atoms with Crippen LogP contribution >= 0.6 is 0 Å². The van der Waals surface area contributed by atoms with Crippen molar-refractivity contribution in [2.75, 3.05) is 31.3 Å². The first-order valence-electron chi connectivity index (χ1n) is 17.2. The molecule has 0 unspecified atom stereocenters. The van der Waals surface area contributed by atoms with Gasteiger partial charge in [-0.1, -0.05) is 52.9 Å². The number of hydrogen-bond donors (Lipinski definition) is 1. The molecule has 1 aromatic carbocycles. The van der Waals surface area contributed by atoms with Crippen LogP contribution in [-0.4, -0.2) is 57.7 Å². The Morgan fingerprint density at radius 2 is 1.75 bits per heavy atom. The second-order valence-corrected chi connectivity index (χ2v) is 13.0. The lowest BCUT2D eigenvalue weighted by Gasteiger charge is -2.26. The minimum absolute atomic E-state index is 0.0262. The van der Waals surface area contributed by atoms with E-state index in [-0.39, 0.29) is 30.0 Å². The van der Waals surface area contributed by atoms with Crippen LogP contribution in [0, 0.1) is 11.3 Å². The van der Waals surface area contributed by atoms with E-state index >= 15 is 0 Å². The molecule has 0 amide bonds. The van der Waals surface area contributed by atoms with E-state index in [9.17, 15) is 10.1 Å². The number of aromatic nitrogens is 4. The predicted octanol–water partition coefficient (Wildman–Crippen LogP) is 8.31. The topological polar surface area (TPSA) is 143 Å². The number of unbranched alkanes of at least 4 members (excludes halogenated alkanes) is 5. The molecule has 3 aromatic rings. The number of hydrogen-bond acceptors (Lipinski definition) is 11. The molecule has 0 radical (unpaired) electrons. The van der Waals surface area contributed by atoms with Gasteiger partial charge < -0.3 is 14.4 Å². The third-order valence-corrected chi connectivity index (χ3v) is 7.58. The van der Waals surface area contributed by atoms with Crippen molar-refractivity contribution in [1.82, 2.24) is 25.1 Å². The minimum Gasteiger partial charge on any atom is -0.476 e. The van der Waals surface area contributed by atoms with Gasteiger partial charge >= 0.3 is 5.97 Å². The number of ether oxygens (including phenoxy) is 2. The number of carbonyl (C=O) groups excluding carboxylic acids is 1. The normalized spacial score (nSPS) is 11.6. The molecule has 3 rings (SSSR count). The molecule has 0 aliphatic heterocycles. The zero-order valence-electron chi connectivity index (χ0n) is 29.8. The zero-order valence-corrected chi connectivity index (χ0v) is 29.8. The lowest BCUT2D eigenvalue weighted by Crippen LogP contribution is -2.38. The fourth-order valence-electron chi connectivity index (χ4n) is 5.00. The van der Waals surface area contributed by atoms with E-state index in [2.05, 4.69) is 69.3 Å². The Morgan fingerprint density at radius 1 is 1.04 bits per heavy atom. The van der Waals surface area contributed by atoms with Gasteiger partial charge in [0.25, 0.3) is 5.95 Å². The van der Waals surface area contributed by atoms with Crippen LogP contribution in [-0.2, 0) is 9.53 Å². The van der Waals surface area contributed by atoms with E-state index in [4.69, 9.17) is 9.47 Å². The van der Waals surface area contributed by atoms with Crippen LogP contribution in [0.15, 0.2) is 46.9 Å². The summed E-state index contributed by atoms with van der Waals surface area (Å²) in [5.41, 5.74) is 2.22. The Hall–Kier alpha value is -4.37. The van der Waals surface area contributed by atoms with Crippen LogP contribution in [0.2, 0.25) is 0 Å². The number of carbonyl (C=O) groups is 1. The number of anilines is 1. The van der Waals surface area contributed by atoms with Crippen molar-refractivity contribution in [3.8, 4) is 17.8 Å². The lowest BCUT2D eigenvalue weighted by molar-refractivity contribution is -0.143. The first-order chi connectivity index (χ1) is 23.1. The Labute approximate surface area is 286 Å². The molecule has 0 bridgehead atoms. The number of esters is 1. The molecule has 2 aromatic heterocycles. The van der Waals surface area contributed by atoms with Crippen LogP contribution in [0.25, 0.3) is 5.95 Å². The molecule has 0 saturated carbocycles. The van der Waals surface area contributed by atoms with Crippen LogP contribution in [0.3, 0.4) is 0 Å². The molecule has 0 aliphatic rings. The van der Waals surface area contributed by atoms with Crippen LogP contribution < -0.4 is 15.0 Å². The number of nitriles is 1. The number of benzene rings is 1. The first-order valence-corrected chi connectivity index (χ1v) is 17.2. The Kier molecular flexibility index (Phi) is 15.4. The summed E-state index contributed by atoms with van der Waals surface area (Å²) in [4.78, 5) is 23.0. The number of rotatable bonds is 20.